The lowest BCUT2D eigenvalue weighted by atomic mass is 10.0. The highest BCUT2D eigenvalue weighted by atomic mass is 16.5. The van der Waals surface area contributed by atoms with Crippen LogP contribution in [0.4, 0.5) is 0 Å². The van der Waals surface area contributed by atoms with Crippen molar-refractivity contribution >= 4 is 0 Å². The molecule has 1 heterocycles. The van der Waals surface area contributed by atoms with E-state index in [0.717, 1.165) is 24.2 Å². The third-order valence-electron chi connectivity index (χ3n) is 2.99. The first kappa shape index (κ1) is 13.5. The summed E-state index contributed by atoms with van der Waals surface area (Å²) in [4.78, 5) is 3.93. The summed E-state index contributed by atoms with van der Waals surface area (Å²) in [6.45, 7) is 4.44. The number of aromatic nitrogens is 2. The lowest BCUT2D eigenvalue weighted by molar-refractivity contribution is 0.283. The van der Waals surface area contributed by atoms with Gasteiger partial charge in [0, 0.05) is 6.04 Å². The van der Waals surface area contributed by atoms with E-state index in [2.05, 4.69) is 34.6 Å². The van der Waals surface area contributed by atoms with Gasteiger partial charge in [-0.2, -0.15) is 4.98 Å². The molecule has 2 aromatic rings. The van der Waals surface area contributed by atoms with Crippen LogP contribution in [0.15, 0.2) is 29.1 Å². The topological polar surface area (TPSA) is 74.2 Å². The van der Waals surface area contributed by atoms with Crippen LogP contribution in [0.25, 0.3) is 0 Å². The molecule has 0 amide bonds. The van der Waals surface area contributed by atoms with E-state index in [4.69, 9.17) is 10.5 Å². The fourth-order valence-corrected chi connectivity index (χ4v) is 1.83. The second-order valence-electron chi connectivity index (χ2n) is 4.62. The number of aryl methyl sites for hydroxylation is 1. The second kappa shape index (κ2) is 6.33. The van der Waals surface area contributed by atoms with Crippen molar-refractivity contribution in [2.24, 2.45) is 5.73 Å². The van der Waals surface area contributed by atoms with Gasteiger partial charge in [0.2, 0.25) is 12.2 Å². The van der Waals surface area contributed by atoms with Gasteiger partial charge in [-0.15, -0.1) is 0 Å². The van der Waals surface area contributed by atoms with Crippen LogP contribution in [-0.2, 0) is 13.0 Å². The third kappa shape index (κ3) is 3.79. The van der Waals surface area contributed by atoms with Gasteiger partial charge in [0.25, 0.3) is 0 Å². The molecule has 0 radical (unpaired) electrons. The summed E-state index contributed by atoms with van der Waals surface area (Å²) >= 11 is 0. The zero-order valence-corrected chi connectivity index (χ0v) is 11.3. The average molecular weight is 261 g/mol. The predicted molar refractivity (Wildman–Crippen MR) is 71.8 cm³/mol. The quantitative estimate of drug-likeness (QED) is 0.863. The van der Waals surface area contributed by atoms with Gasteiger partial charge in [0.15, 0.2) is 6.61 Å². The van der Waals surface area contributed by atoms with Crippen LogP contribution >= 0.6 is 0 Å². The van der Waals surface area contributed by atoms with Crippen LogP contribution in [0.2, 0.25) is 0 Å². The Bertz CT molecular complexity index is 511. The van der Waals surface area contributed by atoms with Gasteiger partial charge in [-0.3, -0.25) is 0 Å². The highest BCUT2D eigenvalue weighted by Crippen LogP contribution is 2.22. The highest BCUT2D eigenvalue weighted by molar-refractivity contribution is 5.37. The standard InChI is InChI=1S/C14H19N3O2/c1-3-12(15)7-11-6-10(2)4-5-13(11)18-8-14-16-9-19-17-14/h4-6,9,12H,3,7-8,15H2,1-2H3. The van der Waals surface area contributed by atoms with E-state index >= 15 is 0 Å². The van der Waals surface area contributed by atoms with Gasteiger partial charge < -0.3 is 15.0 Å². The van der Waals surface area contributed by atoms with Crippen LogP contribution in [-0.4, -0.2) is 16.2 Å². The summed E-state index contributed by atoms with van der Waals surface area (Å²) in [6, 6.07) is 6.25. The molecule has 0 aliphatic carbocycles. The highest BCUT2D eigenvalue weighted by Gasteiger charge is 2.09. The summed E-state index contributed by atoms with van der Waals surface area (Å²) in [5, 5.41) is 3.72. The van der Waals surface area contributed by atoms with Gasteiger partial charge in [0.05, 0.1) is 0 Å². The van der Waals surface area contributed by atoms with E-state index in [-0.39, 0.29) is 6.04 Å². The van der Waals surface area contributed by atoms with Crippen molar-refractivity contribution in [3.8, 4) is 5.75 Å². The van der Waals surface area contributed by atoms with Gasteiger partial charge in [-0.25, -0.2) is 0 Å². The van der Waals surface area contributed by atoms with Gasteiger partial charge in [-0.1, -0.05) is 29.8 Å². The summed E-state index contributed by atoms with van der Waals surface area (Å²) in [5.41, 5.74) is 8.34. The van der Waals surface area contributed by atoms with Crippen LogP contribution in [0, 0.1) is 6.92 Å². The summed E-state index contributed by atoms with van der Waals surface area (Å²) in [5.74, 6) is 1.37. The van der Waals surface area contributed by atoms with Crippen molar-refractivity contribution < 1.29 is 9.26 Å². The zero-order valence-electron chi connectivity index (χ0n) is 11.3. The lowest BCUT2D eigenvalue weighted by Gasteiger charge is -2.14. The molecule has 0 saturated heterocycles. The minimum absolute atomic E-state index is 0.148. The fraction of sp³-hybridized carbons (Fsp3) is 0.429. The molecule has 5 nitrogen and oxygen atoms in total. The molecule has 1 unspecified atom stereocenters. The van der Waals surface area contributed by atoms with E-state index in [1.54, 1.807) is 0 Å². The molecule has 19 heavy (non-hydrogen) atoms. The van der Waals surface area contributed by atoms with Crippen molar-refractivity contribution in [3.63, 3.8) is 0 Å². The summed E-state index contributed by atoms with van der Waals surface area (Å²) < 4.78 is 10.4. The Morgan fingerprint density at radius 2 is 2.26 bits per heavy atom. The number of nitrogens with zero attached hydrogens (tertiary/aromatic N) is 2. The molecular formula is C14H19N3O2. The third-order valence-corrected chi connectivity index (χ3v) is 2.99. The Morgan fingerprint density at radius 3 is 2.95 bits per heavy atom. The number of ether oxygens (including phenoxy) is 1. The molecule has 0 aliphatic rings. The molecule has 2 N–H and O–H groups in total. The fourth-order valence-electron chi connectivity index (χ4n) is 1.83. The molecule has 0 bridgehead atoms. The number of nitrogens with two attached hydrogens (primary N) is 1. The van der Waals surface area contributed by atoms with Crippen molar-refractivity contribution in [3.05, 3.63) is 41.5 Å². The average Bonchev–Trinajstić information content (AvgIpc) is 2.91. The van der Waals surface area contributed by atoms with Crippen molar-refractivity contribution in [1.82, 2.24) is 10.1 Å². The Morgan fingerprint density at radius 1 is 1.42 bits per heavy atom. The Labute approximate surface area is 112 Å². The molecular weight excluding hydrogens is 242 g/mol. The summed E-state index contributed by atoms with van der Waals surface area (Å²) in [6.07, 6.45) is 3.04. The van der Waals surface area contributed by atoms with E-state index in [9.17, 15) is 0 Å². The molecule has 0 saturated carbocycles. The van der Waals surface area contributed by atoms with Crippen LogP contribution in [0.5, 0.6) is 5.75 Å². The second-order valence-corrected chi connectivity index (χ2v) is 4.62. The maximum atomic E-state index is 6.02. The maximum absolute atomic E-state index is 6.02. The van der Waals surface area contributed by atoms with Gasteiger partial charge >= 0.3 is 0 Å². The molecule has 5 heteroatoms. The van der Waals surface area contributed by atoms with Gasteiger partial charge in [-0.05, 0) is 31.4 Å². The van der Waals surface area contributed by atoms with E-state index < -0.39 is 0 Å². The summed E-state index contributed by atoms with van der Waals surface area (Å²) in [7, 11) is 0. The molecule has 1 aromatic carbocycles. The van der Waals surface area contributed by atoms with Crippen LogP contribution < -0.4 is 10.5 Å². The van der Waals surface area contributed by atoms with E-state index in [1.165, 1.54) is 12.0 Å². The molecule has 0 spiro atoms. The van der Waals surface area contributed by atoms with E-state index in [1.807, 2.05) is 12.1 Å². The molecule has 1 atom stereocenters. The molecule has 0 aliphatic heterocycles. The largest absolute Gasteiger partial charge is 0.485 e. The van der Waals surface area contributed by atoms with Crippen molar-refractivity contribution in [2.45, 2.75) is 39.3 Å². The maximum Gasteiger partial charge on any atom is 0.213 e. The Kier molecular flexibility index (Phi) is 4.52. The SMILES string of the molecule is CCC(N)Cc1cc(C)ccc1OCc1ncon1. The lowest BCUT2D eigenvalue weighted by Crippen LogP contribution is -2.21. The number of hydrogen-bond acceptors (Lipinski definition) is 5. The zero-order chi connectivity index (χ0) is 13.7. The Balaban J connectivity index is 2.09. The predicted octanol–water partition coefficient (Wildman–Crippen LogP) is 2.24. The smallest absolute Gasteiger partial charge is 0.213 e. The number of benzene rings is 1. The minimum Gasteiger partial charge on any atom is -0.485 e. The number of rotatable bonds is 6. The monoisotopic (exact) mass is 261 g/mol. The van der Waals surface area contributed by atoms with E-state index in [0.29, 0.717) is 12.4 Å². The molecule has 102 valence electrons. The molecule has 1 aromatic heterocycles. The van der Waals surface area contributed by atoms with Crippen molar-refractivity contribution in [1.29, 1.82) is 0 Å². The normalized spacial score (nSPS) is 12.4. The Hall–Kier alpha value is -1.88. The molecule has 2 rings (SSSR count). The number of hydrogen-bond donors (Lipinski definition) is 1. The first-order chi connectivity index (χ1) is 9.19. The first-order valence-electron chi connectivity index (χ1n) is 6.42. The van der Waals surface area contributed by atoms with Crippen LogP contribution in [0.1, 0.15) is 30.3 Å². The van der Waals surface area contributed by atoms with Gasteiger partial charge in [0.1, 0.15) is 5.75 Å². The van der Waals surface area contributed by atoms with Crippen molar-refractivity contribution in [2.75, 3.05) is 0 Å². The molecule has 0 fully saturated rings. The minimum atomic E-state index is 0.148. The van der Waals surface area contributed by atoms with Crippen LogP contribution in [0.3, 0.4) is 0 Å². The first-order valence-corrected chi connectivity index (χ1v) is 6.42.